The third kappa shape index (κ3) is 5.41. The largest absolute Gasteiger partial charge is 0.496 e. The summed E-state index contributed by atoms with van der Waals surface area (Å²) in [6, 6.07) is 9.77. The Morgan fingerprint density at radius 3 is 2.27 bits per heavy atom. The third-order valence-electron chi connectivity index (χ3n) is 7.80. The lowest BCUT2D eigenvalue weighted by Crippen LogP contribution is -2.49. The van der Waals surface area contributed by atoms with Crippen molar-refractivity contribution in [2.45, 2.75) is 6.92 Å². The van der Waals surface area contributed by atoms with Gasteiger partial charge in [0.1, 0.15) is 23.0 Å². The first-order valence-corrected chi connectivity index (χ1v) is 14.1. The molecule has 2 saturated heterocycles. The number of halogens is 1. The first-order valence-electron chi connectivity index (χ1n) is 13.7. The summed E-state index contributed by atoms with van der Waals surface area (Å²) in [6.45, 7) is 7.93. The van der Waals surface area contributed by atoms with E-state index >= 15 is 0 Å². The molecule has 1 amide bonds. The van der Waals surface area contributed by atoms with Gasteiger partial charge in [0.05, 0.1) is 24.9 Å². The van der Waals surface area contributed by atoms with Crippen molar-refractivity contribution in [2.24, 2.45) is 0 Å². The van der Waals surface area contributed by atoms with Gasteiger partial charge in [-0.1, -0.05) is 11.6 Å². The lowest BCUT2D eigenvalue weighted by atomic mass is 10.1. The second-order valence-electron chi connectivity index (χ2n) is 10.1. The first-order chi connectivity index (χ1) is 19.9. The number of benzene rings is 1. The Hall–Kier alpha value is -4.25. The number of ether oxygens (including phenoxy) is 2. The Morgan fingerprint density at radius 1 is 0.854 bits per heavy atom. The van der Waals surface area contributed by atoms with Crippen molar-refractivity contribution >= 4 is 40.6 Å². The average Bonchev–Trinajstić information content (AvgIpc) is 3.44. The summed E-state index contributed by atoms with van der Waals surface area (Å²) in [7, 11) is 3.20. The molecule has 0 aliphatic carbocycles. The number of methoxy groups -OCH3 is 2. The molecular weight excluding hydrogens is 544 g/mol. The van der Waals surface area contributed by atoms with Crippen molar-refractivity contribution in [1.29, 1.82) is 0 Å². The highest BCUT2D eigenvalue weighted by molar-refractivity contribution is 6.32. The number of fused-ring (bicyclic) bond motifs is 1. The number of anilines is 3. The van der Waals surface area contributed by atoms with Gasteiger partial charge in [0.25, 0.3) is 0 Å². The van der Waals surface area contributed by atoms with E-state index in [-0.39, 0.29) is 5.91 Å². The van der Waals surface area contributed by atoms with Gasteiger partial charge in [-0.05, 0) is 18.2 Å². The first kappa shape index (κ1) is 26.9. The molecule has 1 aromatic carbocycles. The average molecular weight is 577 g/mol. The number of hydrogen-bond donors (Lipinski definition) is 0. The molecule has 0 bridgehead atoms. The van der Waals surface area contributed by atoms with Gasteiger partial charge in [0, 0.05) is 101 Å². The fourth-order valence-electron chi connectivity index (χ4n) is 5.44. The maximum absolute atomic E-state index is 11.7. The molecule has 0 atom stereocenters. The number of imidazole rings is 1. The van der Waals surface area contributed by atoms with E-state index in [1.54, 1.807) is 27.2 Å². The van der Waals surface area contributed by atoms with E-state index in [1.165, 1.54) is 0 Å². The Balaban J connectivity index is 1.14. The summed E-state index contributed by atoms with van der Waals surface area (Å²) in [4.78, 5) is 34.7. The molecule has 2 aliphatic heterocycles. The zero-order chi connectivity index (χ0) is 28.5. The molecule has 0 saturated carbocycles. The van der Waals surface area contributed by atoms with Gasteiger partial charge in [-0.25, -0.2) is 9.97 Å². The van der Waals surface area contributed by atoms with Crippen LogP contribution in [0, 0.1) is 0 Å². The number of amides is 1. The van der Waals surface area contributed by atoms with Gasteiger partial charge in [0.2, 0.25) is 11.9 Å². The maximum atomic E-state index is 11.7. The molecule has 11 nitrogen and oxygen atoms in total. The maximum Gasteiger partial charge on any atom is 0.227 e. The number of nitrogens with zero attached hydrogens (tertiary/aromatic N) is 8. The molecule has 4 aromatic rings. The third-order valence-corrected chi connectivity index (χ3v) is 8.09. The molecule has 3 aromatic heterocycles. The number of pyridine rings is 1. The molecule has 6 rings (SSSR count). The van der Waals surface area contributed by atoms with Crippen LogP contribution < -0.4 is 24.2 Å². The molecular formula is C29H33ClN8O3. The smallest absolute Gasteiger partial charge is 0.227 e. The summed E-state index contributed by atoms with van der Waals surface area (Å²) in [5, 5.41) is 0.504. The van der Waals surface area contributed by atoms with Gasteiger partial charge >= 0.3 is 0 Å². The van der Waals surface area contributed by atoms with Gasteiger partial charge in [0.15, 0.2) is 0 Å². The summed E-state index contributed by atoms with van der Waals surface area (Å²) in [6.07, 6.45) is 5.84. The normalized spacial score (nSPS) is 15.9. The molecule has 0 radical (unpaired) electrons. The van der Waals surface area contributed by atoms with E-state index in [1.807, 2.05) is 40.0 Å². The minimum atomic E-state index is 0.126. The summed E-state index contributed by atoms with van der Waals surface area (Å²) >= 11 is 6.40. The van der Waals surface area contributed by atoms with Crippen LogP contribution in [0.2, 0.25) is 5.02 Å². The molecule has 5 heterocycles. The van der Waals surface area contributed by atoms with Crippen LogP contribution in [0.1, 0.15) is 6.92 Å². The van der Waals surface area contributed by atoms with Crippen molar-refractivity contribution in [3.05, 3.63) is 53.9 Å². The SMILES string of the molecule is COc1cc(OC)c(-c2cn3ccc(N4CCN(c5nccc(N6CCN(C(C)=O)CC6)n5)CC4)cc3n2)cc1Cl. The minimum Gasteiger partial charge on any atom is -0.496 e. The van der Waals surface area contributed by atoms with Crippen molar-refractivity contribution in [3.8, 4) is 22.8 Å². The zero-order valence-electron chi connectivity index (χ0n) is 23.5. The Kier molecular flexibility index (Phi) is 7.44. The van der Waals surface area contributed by atoms with Crippen LogP contribution >= 0.6 is 11.6 Å². The lowest BCUT2D eigenvalue weighted by Gasteiger charge is -2.37. The van der Waals surface area contributed by atoms with Gasteiger partial charge in [-0.15, -0.1) is 0 Å². The molecule has 2 aliphatic rings. The molecule has 2 fully saturated rings. The van der Waals surface area contributed by atoms with Gasteiger partial charge in [-0.2, -0.15) is 4.98 Å². The van der Waals surface area contributed by atoms with Crippen LogP contribution in [-0.4, -0.2) is 96.7 Å². The monoisotopic (exact) mass is 576 g/mol. The van der Waals surface area contributed by atoms with Gasteiger partial charge in [-0.3, -0.25) is 4.79 Å². The van der Waals surface area contributed by atoms with Crippen LogP contribution in [0.4, 0.5) is 17.5 Å². The Morgan fingerprint density at radius 2 is 1.56 bits per heavy atom. The second-order valence-corrected chi connectivity index (χ2v) is 10.6. The molecule has 12 heteroatoms. The topological polar surface area (TPSA) is 91.6 Å². The fourth-order valence-corrected chi connectivity index (χ4v) is 5.68. The highest BCUT2D eigenvalue weighted by atomic mass is 35.5. The predicted octanol–water partition coefficient (Wildman–Crippen LogP) is 3.46. The van der Waals surface area contributed by atoms with E-state index in [4.69, 9.17) is 31.0 Å². The van der Waals surface area contributed by atoms with Crippen LogP contribution in [-0.2, 0) is 4.79 Å². The molecule has 41 heavy (non-hydrogen) atoms. The highest BCUT2D eigenvalue weighted by Crippen LogP contribution is 2.38. The standard InChI is InChI=1S/C29H33ClN8O3/c1-20(39)34-8-12-36(13-9-34)27-4-6-31-29(33-27)37-14-10-35(11-15-37)21-5-7-38-19-24(32-28(38)16-21)22-17-23(30)26(41-3)18-25(22)40-2/h4-7,16-19H,8-15H2,1-3H3. The van der Waals surface area contributed by atoms with E-state index < -0.39 is 0 Å². The number of piperazine rings is 2. The van der Waals surface area contributed by atoms with Crippen molar-refractivity contribution in [1.82, 2.24) is 24.3 Å². The molecule has 0 N–H and O–H groups in total. The number of carbonyl (C=O) groups is 1. The van der Waals surface area contributed by atoms with Crippen LogP contribution in [0.5, 0.6) is 11.5 Å². The number of aromatic nitrogens is 4. The van der Waals surface area contributed by atoms with E-state index in [9.17, 15) is 4.79 Å². The van der Waals surface area contributed by atoms with Crippen LogP contribution in [0.25, 0.3) is 16.9 Å². The minimum absolute atomic E-state index is 0.126. The molecule has 0 spiro atoms. The van der Waals surface area contributed by atoms with Crippen molar-refractivity contribution in [3.63, 3.8) is 0 Å². The Labute approximate surface area is 243 Å². The summed E-state index contributed by atoms with van der Waals surface area (Å²) < 4.78 is 12.9. The van der Waals surface area contributed by atoms with Gasteiger partial charge < -0.3 is 33.5 Å². The number of hydrogen-bond acceptors (Lipinski definition) is 9. The Bertz CT molecular complexity index is 1560. The number of carbonyl (C=O) groups excluding carboxylic acids is 1. The number of rotatable bonds is 6. The van der Waals surface area contributed by atoms with E-state index in [0.29, 0.717) is 16.5 Å². The van der Waals surface area contributed by atoms with Crippen LogP contribution in [0.3, 0.4) is 0 Å². The fraction of sp³-hybridized carbons (Fsp3) is 0.379. The van der Waals surface area contributed by atoms with E-state index in [0.717, 1.165) is 86.7 Å². The summed E-state index contributed by atoms with van der Waals surface area (Å²) in [5.74, 6) is 2.99. The predicted molar refractivity (Wildman–Crippen MR) is 160 cm³/mol. The van der Waals surface area contributed by atoms with Crippen molar-refractivity contribution < 1.29 is 14.3 Å². The summed E-state index contributed by atoms with van der Waals surface area (Å²) in [5.41, 5.74) is 3.54. The lowest BCUT2D eigenvalue weighted by molar-refractivity contribution is -0.129. The molecule has 214 valence electrons. The highest BCUT2D eigenvalue weighted by Gasteiger charge is 2.23. The van der Waals surface area contributed by atoms with Crippen LogP contribution in [0.15, 0.2) is 48.9 Å². The second kappa shape index (κ2) is 11.3. The van der Waals surface area contributed by atoms with Crippen molar-refractivity contribution in [2.75, 3.05) is 81.3 Å². The molecule has 0 unspecified atom stereocenters. The van der Waals surface area contributed by atoms with E-state index in [2.05, 4.69) is 31.8 Å². The quantitative estimate of drug-likeness (QED) is 0.342. The zero-order valence-corrected chi connectivity index (χ0v) is 24.2.